The van der Waals surface area contributed by atoms with Crippen LogP contribution in [0.4, 0.5) is 0 Å². The van der Waals surface area contributed by atoms with E-state index in [2.05, 4.69) is 4.99 Å². The van der Waals surface area contributed by atoms with Crippen LogP contribution < -0.4 is 0 Å². The van der Waals surface area contributed by atoms with Gasteiger partial charge in [0.15, 0.2) is 4.90 Å². The van der Waals surface area contributed by atoms with Gasteiger partial charge in [-0.15, -0.1) is 0 Å². The van der Waals surface area contributed by atoms with Crippen LogP contribution in [0.3, 0.4) is 0 Å². The molecule has 0 bridgehead atoms. The van der Waals surface area contributed by atoms with Gasteiger partial charge in [0, 0.05) is 17.8 Å². The number of imidazole rings is 1. The van der Waals surface area contributed by atoms with Crippen molar-refractivity contribution < 1.29 is 9.29 Å². The average molecular weight is 524 g/mol. The predicted octanol–water partition coefficient (Wildman–Crippen LogP) is 6.81. The summed E-state index contributed by atoms with van der Waals surface area (Å²) in [4.78, 5) is 10.3. The zero-order valence-corrected chi connectivity index (χ0v) is 21.8. The number of rotatable bonds is 5. The Morgan fingerprint density at radius 2 is 1.74 bits per heavy atom. The van der Waals surface area contributed by atoms with Crippen molar-refractivity contribution in [3.8, 4) is 28.2 Å². The van der Waals surface area contributed by atoms with Crippen LogP contribution in [-0.4, -0.2) is 38.4 Å². The molecule has 0 aliphatic carbocycles. The first kappa shape index (κ1) is 23.9. The molecular formula is C27H23Cl2N3O2S. The summed E-state index contributed by atoms with van der Waals surface area (Å²) in [5, 5.41) is 1.12. The van der Waals surface area contributed by atoms with Gasteiger partial charge in [0.05, 0.1) is 21.3 Å². The van der Waals surface area contributed by atoms with Crippen molar-refractivity contribution >= 4 is 40.3 Å². The second kappa shape index (κ2) is 9.36. The van der Waals surface area contributed by atoms with Gasteiger partial charge in [-0.25, -0.2) is 9.98 Å². The Kier molecular flexibility index (Phi) is 6.40. The predicted molar refractivity (Wildman–Crippen MR) is 143 cm³/mol. The molecule has 5 rings (SSSR count). The van der Waals surface area contributed by atoms with Crippen molar-refractivity contribution in [1.82, 2.24) is 9.55 Å². The lowest BCUT2D eigenvalue weighted by atomic mass is 10.1. The van der Waals surface area contributed by atoms with E-state index in [9.17, 15) is 4.55 Å². The van der Waals surface area contributed by atoms with Crippen LogP contribution in [0.1, 0.15) is 19.5 Å². The molecule has 4 aromatic rings. The molecule has 1 unspecified atom stereocenters. The largest absolute Gasteiger partial charge is 0.612 e. The topological polar surface area (TPSA) is 62.5 Å². The van der Waals surface area contributed by atoms with Crippen molar-refractivity contribution in [2.45, 2.75) is 24.3 Å². The maximum atomic E-state index is 11.9. The Balaban J connectivity index is 1.62. The third-order valence-electron chi connectivity index (χ3n) is 5.71. The van der Waals surface area contributed by atoms with Gasteiger partial charge in [0.25, 0.3) is 0 Å². The van der Waals surface area contributed by atoms with Gasteiger partial charge in [0.2, 0.25) is 5.90 Å². The summed E-state index contributed by atoms with van der Waals surface area (Å²) in [6, 6.07) is 21.0. The van der Waals surface area contributed by atoms with Gasteiger partial charge in [-0.1, -0.05) is 53.5 Å². The summed E-state index contributed by atoms with van der Waals surface area (Å²) in [5.74, 6) is 1.14. The minimum absolute atomic E-state index is 0.306. The Bertz CT molecular complexity index is 1450. The van der Waals surface area contributed by atoms with E-state index in [0.717, 1.165) is 27.3 Å². The zero-order valence-electron chi connectivity index (χ0n) is 19.5. The molecule has 3 aromatic carbocycles. The highest BCUT2D eigenvalue weighted by atomic mass is 35.5. The third-order valence-corrected chi connectivity index (χ3v) is 7.26. The molecule has 1 aromatic heterocycles. The smallest absolute Gasteiger partial charge is 0.237 e. The fraction of sp³-hybridized carbons (Fsp3) is 0.185. The Morgan fingerprint density at radius 1 is 0.971 bits per heavy atom. The van der Waals surface area contributed by atoms with Crippen LogP contribution in [-0.2, 0) is 15.9 Å². The van der Waals surface area contributed by atoms with Crippen LogP contribution in [0.2, 0.25) is 10.0 Å². The molecule has 5 nitrogen and oxygen atoms in total. The van der Waals surface area contributed by atoms with Crippen LogP contribution >= 0.6 is 23.2 Å². The first-order chi connectivity index (χ1) is 16.7. The molecular weight excluding hydrogens is 501 g/mol. The van der Waals surface area contributed by atoms with Gasteiger partial charge in [-0.3, -0.25) is 4.57 Å². The van der Waals surface area contributed by atoms with Crippen LogP contribution in [0.15, 0.2) is 82.8 Å². The minimum atomic E-state index is -1.06. The maximum Gasteiger partial charge on any atom is 0.237 e. The number of aromatic nitrogens is 2. The summed E-state index contributed by atoms with van der Waals surface area (Å²) in [5.41, 5.74) is 3.70. The molecule has 1 aliphatic rings. The van der Waals surface area contributed by atoms with Gasteiger partial charge in [-0.05, 0) is 66.5 Å². The summed E-state index contributed by atoms with van der Waals surface area (Å²) >= 11 is 12.3. The zero-order chi connectivity index (χ0) is 24.7. The first-order valence-electron chi connectivity index (χ1n) is 11.0. The maximum absolute atomic E-state index is 11.9. The van der Waals surface area contributed by atoms with Crippen molar-refractivity contribution in [3.05, 3.63) is 88.7 Å². The molecule has 0 fully saturated rings. The van der Waals surface area contributed by atoms with Crippen molar-refractivity contribution in [2.75, 3.05) is 12.9 Å². The number of nitrogens with zero attached hydrogens (tertiary/aromatic N) is 3. The number of benzene rings is 3. The highest BCUT2D eigenvalue weighted by molar-refractivity contribution is 7.90. The number of hydrogen-bond donors (Lipinski definition) is 0. The molecule has 0 saturated carbocycles. The summed E-state index contributed by atoms with van der Waals surface area (Å²) in [7, 11) is 0. The molecule has 8 heteroatoms. The fourth-order valence-corrected chi connectivity index (χ4v) is 5.01. The van der Waals surface area contributed by atoms with Crippen molar-refractivity contribution in [3.63, 3.8) is 0 Å². The quantitative estimate of drug-likeness (QED) is 0.270. The second-order valence-electron chi connectivity index (χ2n) is 8.97. The van der Waals surface area contributed by atoms with Gasteiger partial charge >= 0.3 is 0 Å². The average Bonchev–Trinajstić information content (AvgIpc) is 3.42. The normalized spacial score (nSPS) is 15.5. The van der Waals surface area contributed by atoms with Crippen molar-refractivity contribution in [2.24, 2.45) is 4.99 Å². The SMILES string of the molecule is C[S+]([O-])c1cccc(-c2ccc(-n3cc(C4=NC(C)(C)CO4)nc3-c3ccccc3Cl)c(Cl)c2)c1. The molecule has 0 saturated heterocycles. The van der Waals surface area contributed by atoms with E-state index < -0.39 is 11.2 Å². The van der Waals surface area contributed by atoms with E-state index in [4.69, 9.17) is 32.9 Å². The number of aliphatic imine (C=N–C) groups is 1. The highest BCUT2D eigenvalue weighted by Gasteiger charge is 2.29. The Hall–Kier alpha value is -2.77. The fourth-order valence-electron chi connectivity index (χ4n) is 3.95. The molecule has 35 heavy (non-hydrogen) atoms. The molecule has 1 aliphatic heterocycles. The van der Waals surface area contributed by atoms with Crippen LogP contribution in [0, 0.1) is 0 Å². The van der Waals surface area contributed by atoms with Gasteiger partial charge in [-0.2, -0.15) is 0 Å². The molecule has 0 amide bonds. The van der Waals surface area contributed by atoms with Crippen LogP contribution in [0.5, 0.6) is 0 Å². The summed E-state index contributed by atoms with van der Waals surface area (Å²) in [6.07, 6.45) is 3.54. The Morgan fingerprint density at radius 3 is 2.43 bits per heavy atom. The van der Waals surface area contributed by atoms with Gasteiger partial charge in [0.1, 0.15) is 24.4 Å². The van der Waals surface area contributed by atoms with E-state index in [1.54, 1.807) is 6.26 Å². The minimum Gasteiger partial charge on any atom is -0.612 e. The second-order valence-corrected chi connectivity index (χ2v) is 11.2. The molecule has 0 N–H and O–H groups in total. The monoisotopic (exact) mass is 523 g/mol. The molecule has 178 valence electrons. The Labute approximate surface area is 217 Å². The standard InChI is InChI=1S/C27H23Cl2N3O2S/c1-27(2)16-34-26(31-27)23-15-32(25(30-23)20-9-4-5-10-21(20)28)24-12-11-18(14-22(24)29)17-7-6-8-19(13-17)35(3)33/h4-15H,16H2,1-3H3. The van der Waals surface area contributed by atoms with Crippen LogP contribution in [0.25, 0.3) is 28.2 Å². The molecule has 1 atom stereocenters. The van der Waals surface area contributed by atoms with Crippen molar-refractivity contribution in [1.29, 1.82) is 0 Å². The highest BCUT2D eigenvalue weighted by Crippen LogP contribution is 2.35. The first-order valence-corrected chi connectivity index (χ1v) is 13.3. The number of hydrogen-bond acceptors (Lipinski definition) is 4. The molecule has 0 spiro atoms. The molecule has 2 heterocycles. The van der Waals surface area contributed by atoms with E-state index >= 15 is 0 Å². The van der Waals surface area contributed by atoms with Gasteiger partial charge < -0.3 is 9.29 Å². The van der Waals surface area contributed by atoms with E-state index in [1.807, 2.05) is 91.3 Å². The lowest BCUT2D eigenvalue weighted by molar-refractivity contribution is 0.279. The van der Waals surface area contributed by atoms with E-state index in [0.29, 0.717) is 34.1 Å². The summed E-state index contributed by atoms with van der Waals surface area (Å²) < 4.78 is 19.7. The lowest BCUT2D eigenvalue weighted by Crippen LogP contribution is -2.17. The molecule has 0 radical (unpaired) electrons. The third kappa shape index (κ3) is 4.84. The summed E-state index contributed by atoms with van der Waals surface area (Å²) in [6.45, 7) is 4.53. The number of halogens is 2. The van der Waals surface area contributed by atoms with E-state index in [-0.39, 0.29) is 5.54 Å². The lowest BCUT2D eigenvalue weighted by Gasteiger charge is -2.13. The number of ether oxygens (including phenoxy) is 1. The van der Waals surface area contributed by atoms with E-state index in [1.165, 1.54) is 0 Å².